The Morgan fingerprint density at radius 3 is 2.75 bits per heavy atom. The highest BCUT2D eigenvalue weighted by Gasteiger charge is 2.10. The molecular weight excluding hydrogens is 303 g/mol. The number of hydrogen-bond acceptors (Lipinski definition) is 5. The van der Waals surface area contributed by atoms with Crippen LogP contribution in [-0.2, 0) is 11.9 Å². The van der Waals surface area contributed by atoms with Gasteiger partial charge in [0, 0.05) is 13.2 Å². The van der Waals surface area contributed by atoms with Crippen molar-refractivity contribution < 1.29 is 9.63 Å². The molecule has 0 amide bonds. The number of carbonyl (C=O) groups is 1. The molecule has 2 aromatic heterocycles. The Labute approximate surface area is 125 Å². The fourth-order valence-electron chi connectivity index (χ4n) is 1.47. The summed E-state index contributed by atoms with van der Waals surface area (Å²) in [6.45, 7) is 1.78. The Morgan fingerprint density at radius 1 is 1.45 bits per heavy atom. The van der Waals surface area contributed by atoms with Gasteiger partial charge in [0.05, 0.1) is 23.0 Å². The summed E-state index contributed by atoms with van der Waals surface area (Å²) in [6.07, 6.45) is 2.65. The predicted molar refractivity (Wildman–Crippen MR) is 75.2 cm³/mol. The molecule has 0 radical (unpaired) electrons. The van der Waals surface area contributed by atoms with Gasteiger partial charge >= 0.3 is 5.97 Å². The van der Waals surface area contributed by atoms with Gasteiger partial charge in [-0.25, -0.2) is 9.78 Å². The molecule has 0 fully saturated rings. The van der Waals surface area contributed by atoms with Gasteiger partial charge in [0.15, 0.2) is 0 Å². The number of aryl methyl sites for hydroxylation is 2. The SMILES string of the molecule is Cc1nn(C)c(Cl)c1/C=N\OC(=O)c1ccc(Cl)nc1. The fourth-order valence-corrected chi connectivity index (χ4v) is 1.80. The van der Waals surface area contributed by atoms with Crippen molar-refractivity contribution in [1.29, 1.82) is 0 Å². The lowest BCUT2D eigenvalue weighted by Gasteiger charge is -1.97. The van der Waals surface area contributed by atoms with Crippen molar-refractivity contribution in [1.82, 2.24) is 14.8 Å². The van der Waals surface area contributed by atoms with Crippen molar-refractivity contribution in [2.45, 2.75) is 6.92 Å². The Kier molecular flexibility index (Phi) is 4.36. The van der Waals surface area contributed by atoms with Crippen LogP contribution in [-0.4, -0.2) is 26.9 Å². The maximum atomic E-state index is 11.6. The van der Waals surface area contributed by atoms with Crippen LogP contribution >= 0.6 is 23.2 Å². The lowest BCUT2D eigenvalue weighted by molar-refractivity contribution is 0.0518. The molecule has 0 bridgehead atoms. The molecular formula is C12H10Cl2N4O2. The van der Waals surface area contributed by atoms with E-state index in [2.05, 4.69) is 15.2 Å². The van der Waals surface area contributed by atoms with Crippen LogP contribution < -0.4 is 0 Å². The first-order chi connectivity index (χ1) is 9.49. The van der Waals surface area contributed by atoms with Gasteiger partial charge < -0.3 is 4.84 Å². The maximum absolute atomic E-state index is 11.6. The van der Waals surface area contributed by atoms with E-state index in [0.717, 1.165) is 0 Å². The Balaban J connectivity index is 2.06. The van der Waals surface area contributed by atoms with Crippen molar-refractivity contribution >= 4 is 35.4 Å². The molecule has 6 nitrogen and oxygen atoms in total. The monoisotopic (exact) mass is 312 g/mol. The second-order valence-electron chi connectivity index (χ2n) is 3.90. The zero-order valence-electron chi connectivity index (χ0n) is 10.7. The van der Waals surface area contributed by atoms with Crippen molar-refractivity contribution in [3.05, 3.63) is 45.5 Å². The third kappa shape index (κ3) is 3.15. The zero-order valence-corrected chi connectivity index (χ0v) is 12.2. The number of hydrogen-bond donors (Lipinski definition) is 0. The highest BCUT2D eigenvalue weighted by molar-refractivity contribution is 6.32. The van der Waals surface area contributed by atoms with Crippen LogP contribution in [0.3, 0.4) is 0 Å². The summed E-state index contributed by atoms with van der Waals surface area (Å²) in [5.41, 5.74) is 1.53. The van der Waals surface area contributed by atoms with Gasteiger partial charge in [0.1, 0.15) is 10.3 Å². The number of rotatable bonds is 3. The van der Waals surface area contributed by atoms with E-state index in [1.54, 1.807) is 14.0 Å². The predicted octanol–water partition coefficient (Wildman–Crippen LogP) is 2.62. The quantitative estimate of drug-likeness (QED) is 0.378. The van der Waals surface area contributed by atoms with E-state index in [1.807, 2.05) is 0 Å². The van der Waals surface area contributed by atoms with Crippen molar-refractivity contribution in [2.24, 2.45) is 12.2 Å². The number of pyridine rings is 1. The van der Waals surface area contributed by atoms with Gasteiger partial charge in [-0.3, -0.25) is 4.68 Å². The van der Waals surface area contributed by atoms with Crippen LogP contribution in [0.2, 0.25) is 10.3 Å². The average molecular weight is 313 g/mol. The lowest BCUT2D eigenvalue weighted by atomic mass is 10.3. The molecule has 104 valence electrons. The molecule has 0 aliphatic carbocycles. The van der Waals surface area contributed by atoms with Gasteiger partial charge in [-0.15, -0.1) is 0 Å². The third-order valence-corrected chi connectivity index (χ3v) is 3.15. The Bertz CT molecular complexity index is 665. The van der Waals surface area contributed by atoms with Gasteiger partial charge in [-0.05, 0) is 19.1 Å². The maximum Gasteiger partial charge on any atom is 0.367 e. The zero-order chi connectivity index (χ0) is 14.7. The minimum Gasteiger partial charge on any atom is -0.313 e. The van der Waals surface area contributed by atoms with E-state index in [9.17, 15) is 4.79 Å². The van der Waals surface area contributed by atoms with E-state index in [4.69, 9.17) is 28.0 Å². The second-order valence-corrected chi connectivity index (χ2v) is 4.64. The average Bonchev–Trinajstić information content (AvgIpc) is 2.65. The summed E-state index contributed by atoms with van der Waals surface area (Å²) in [4.78, 5) is 20.2. The number of oxime groups is 1. The van der Waals surface area contributed by atoms with Crippen molar-refractivity contribution in [2.75, 3.05) is 0 Å². The largest absolute Gasteiger partial charge is 0.367 e. The minimum atomic E-state index is -0.636. The van der Waals surface area contributed by atoms with Crippen LogP contribution in [0.1, 0.15) is 21.6 Å². The summed E-state index contributed by atoms with van der Waals surface area (Å²) in [5.74, 6) is -0.636. The van der Waals surface area contributed by atoms with Gasteiger partial charge in [-0.2, -0.15) is 5.10 Å². The van der Waals surface area contributed by atoms with E-state index >= 15 is 0 Å². The molecule has 2 aromatic rings. The number of aromatic nitrogens is 3. The van der Waals surface area contributed by atoms with E-state index in [0.29, 0.717) is 21.6 Å². The molecule has 8 heteroatoms. The Morgan fingerprint density at radius 2 is 2.20 bits per heavy atom. The number of nitrogens with zero attached hydrogens (tertiary/aromatic N) is 4. The first-order valence-corrected chi connectivity index (χ1v) is 6.30. The first-order valence-electron chi connectivity index (χ1n) is 5.54. The number of carbonyl (C=O) groups excluding carboxylic acids is 1. The van der Waals surface area contributed by atoms with E-state index < -0.39 is 5.97 Å². The standard InChI is InChI=1S/C12H10Cl2N4O2/c1-7-9(11(14)18(2)17-7)6-16-20-12(19)8-3-4-10(13)15-5-8/h3-6H,1-2H3/b16-6-. The molecule has 20 heavy (non-hydrogen) atoms. The molecule has 0 aromatic carbocycles. The van der Waals surface area contributed by atoms with Crippen molar-refractivity contribution in [3.63, 3.8) is 0 Å². The van der Waals surface area contributed by atoms with Crippen molar-refractivity contribution in [3.8, 4) is 0 Å². The molecule has 0 aliphatic rings. The summed E-state index contributed by atoms with van der Waals surface area (Å²) in [6, 6.07) is 2.99. The summed E-state index contributed by atoms with van der Waals surface area (Å²) >= 11 is 11.6. The topological polar surface area (TPSA) is 69.4 Å². The molecule has 2 heterocycles. The van der Waals surface area contributed by atoms with E-state index in [-0.39, 0.29) is 5.56 Å². The molecule has 0 atom stereocenters. The van der Waals surface area contributed by atoms with Crippen LogP contribution in [0, 0.1) is 6.92 Å². The van der Waals surface area contributed by atoms with Crippen LogP contribution in [0.5, 0.6) is 0 Å². The van der Waals surface area contributed by atoms with Gasteiger partial charge in [0.25, 0.3) is 0 Å². The summed E-state index contributed by atoms with van der Waals surface area (Å²) in [7, 11) is 1.71. The second kappa shape index (κ2) is 6.02. The lowest BCUT2D eigenvalue weighted by Crippen LogP contribution is -2.01. The molecule has 0 saturated heterocycles. The molecule has 0 spiro atoms. The summed E-state index contributed by atoms with van der Waals surface area (Å²) < 4.78 is 1.50. The molecule has 2 rings (SSSR count). The van der Waals surface area contributed by atoms with Crippen LogP contribution in [0.25, 0.3) is 0 Å². The highest BCUT2D eigenvalue weighted by Crippen LogP contribution is 2.16. The molecule has 0 unspecified atom stereocenters. The summed E-state index contributed by atoms with van der Waals surface area (Å²) in [5, 5.41) is 8.41. The molecule has 0 aliphatic heterocycles. The fraction of sp³-hybridized carbons (Fsp3) is 0.167. The first kappa shape index (κ1) is 14.5. The minimum absolute atomic E-state index is 0.251. The van der Waals surface area contributed by atoms with Crippen LogP contribution in [0.4, 0.5) is 0 Å². The van der Waals surface area contributed by atoms with Crippen LogP contribution in [0.15, 0.2) is 23.5 Å². The molecule has 0 N–H and O–H groups in total. The number of halogens is 2. The van der Waals surface area contributed by atoms with E-state index in [1.165, 1.54) is 29.2 Å². The van der Waals surface area contributed by atoms with Gasteiger partial charge in [-0.1, -0.05) is 28.4 Å². The molecule has 0 saturated carbocycles. The normalized spacial score (nSPS) is 11.0. The third-order valence-electron chi connectivity index (χ3n) is 2.48. The van der Waals surface area contributed by atoms with Gasteiger partial charge in [0.2, 0.25) is 0 Å². The highest BCUT2D eigenvalue weighted by atomic mass is 35.5. The Hall–Kier alpha value is -1.92. The smallest absolute Gasteiger partial charge is 0.313 e.